The van der Waals surface area contributed by atoms with Crippen LogP contribution in [0.25, 0.3) is 6.08 Å². The molecule has 0 N–H and O–H groups in total. The minimum absolute atomic E-state index is 0.156. The molecule has 0 aliphatic carbocycles. The highest BCUT2D eigenvalue weighted by Crippen LogP contribution is 2.28. The fourth-order valence-electron chi connectivity index (χ4n) is 3.41. The van der Waals surface area contributed by atoms with E-state index in [1.807, 2.05) is 50.0 Å². The van der Waals surface area contributed by atoms with E-state index in [9.17, 15) is 9.59 Å². The number of piperidine rings is 1. The molecule has 1 aromatic rings. The van der Waals surface area contributed by atoms with E-state index >= 15 is 0 Å². The molecule has 1 aliphatic rings. The minimum atomic E-state index is -0.583. The van der Waals surface area contributed by atoms with Gasteiger partial charge in [-0.05, 0) is 57.7 Å². The van der Waals surface area contributed by atoms with E-state index in [2.05, 4.69) is 0 Å². The lowest BCUT2D eigenvalue weighted by Gasteiger charge is -2.38. The van der Waals surface area contributed by atoms with Crippen LogP contribution in [0.3, 0.4) is 0 Å². The quantitative estimate of drug-likeness (QED) is 0.683. The second-order valence-corrected chi connectivity index (χ2v) is 6.79. The number of hydrogen-bond acceptors (Lipinski definition) is 5. The highest BCUT2D eigenvalue weighted by molar-refractivity contribution is 5.81. The first-order chi connectivity index (χ1) is 13.0. The van der Waals surface area contributed by atoms with Crippen molar-refractivity contribution in [1.29, 1.82) is 0 Å². The number of rotatable bonds is 7. The first-order valence-electron chi connectivity index (χ1n) is 9.36. The van der Waals surface area contributed by atoms with E-state index in [4.69, 9.17) is 14.2 Å². The summed E-state index contributed by atoms with van der Waals surface area (Å²) < 4.78 is 15.9. The first kappa shape index (κ1) is 20.8. The Balaban J connectivity index is 1.85. The predicted molar refractivity (Wildman–Crippen MR) is 104 cm³/mol. The van der Waals surface area contributed by atoms with Gasteiger partial charge in [-0.15, -0.1) is 0 Å². The SMILES string of the molecule is C/C=C/c1ccc(OCC(=O)OCC(=O)N2[C@@H](C)CCC[C@@H]2C)c(OC)c1. The van der Waals surface area contributed by atoms with Crippen LogP contribution >= 0.6 is 0 Å². The molecule has 1 amide bonds. The number of ether oxygens (including phenoxy) is 3. The number of esters is 1. The smallest absolute Gasteiger partial charge is 0.344 e. The van der Waals surface area contributed by atoms with Crippen molar-refractivity contribution in [2.24, 2.45) is 0 Å². The summed E-state index contributed by atoms with van der Waals surface area (Å²) in [5, 5.41) is 0. The molecule has 0 saturated carbocycles. The van der Waals surface area contributed by atoms with Crippen LogP contribution in [0.15, 0.2) is 24.3 Å². The molecule has 0 spiro atoms. The third-order valence-corrected chi connectivity index (χ3v) is 4.73. The van der Waals surface area contributed by atoms with Gasteiger partial charge in [0.2, 0.25) is 0 Å². The number of amides is 1. The Kier molecular flexibility index (Phi) is 7.70. The summed E-state index contributed by atoms with van der Waals surface area (Å²) >= 11 is 0. The topological polar surface area (TPSA) is 65.1 Å². The molecule has 0 bridgehead atoms. The summed E-state index contributed by atoms with van der Waals surface area (Å²) in [6.07, 6.45) is 6.95. The Labute approximate surface area is 161 Å². The number of carbonyl (C=O) groups is 2. The van der Waals surface area contributed by atoms with E-state index in [1.54, 1.807) is 13.2 Å². The number of carbonyl (C=O) groups excluding carboxylic acids is 2. The molecule has 6 nitrogen and oxygen atoms in total. The predicted octanol–water partition coefficient (Wildman–Crippen LogP) is 3.44. The molecule has 1 aromatic carbocycles. The average molecular weight is 375 g/mol. The molecule has 2 rings (SSSR count). The second-order valence-electron chi connectivity index (χ2n) is 6.79. The van der Waals surface area contributed by atoms with Crippen LogP contribution in [0.4, 0.5) is 0 Å². The summed E-state index contributed by atoms with van der Waals surface area (Å²) in [4.78, 5) is 26.2. The maximum absolute atomic E-state index is 12.4. The fourth-order valence-corrected chi connectivity index (χ4v) is 3.41. The molecule has 0 aromatic heterocycles. The van der Waals surface area contributed by atoms with Crippen LogP contribution < -0.4 is 9.47 Å². The van der Waals surface area contributed by atoms with Crippen molar-refractivity contribution in [2.75, 3.05) is 20.3 Å². The summed E-state index contributed by atoms with van der Waals surface area (Å²) in [5.74, 6) is 0.245. The van der Waals surface area contributed by atoms with Crippen LogP contribution in [0, 0.1) is 0 Å². The summed E-state index contributed by atoms with van der Waals surface area (Å²) in [6.45, 7) is 5.45. The van der Waals surface area contributed by atoms with Gasteiger partial charge in [0.1, 0.15) is 0 Å². The normalized spacial score (nSPS) is 19.8. The highest BCUT2D eigenvalue weighted by atomic mass is 16.6. The van der Waals surface area contributed by atoms with Crippen molar-refractivity contribution < 1.29 is 23.8 Å². The molecule has 0 radical (unpaired) electrons. The molecular weight excluding hydrogens is 346 g/mol. The molecule has 6 heteroatoms. The zero-order valence-corrected chi connectivity index (χ0v) is 16.6. The number of nitrogens with zero attached hydrogens (tertiary/aromatic N) is 1. The lowest BCUT2D eigenvalue weighted by molar-refractivity contribution is -0.156. The van der Waals surface area contributed by atoms with Crippen molar-refractivity contribution in [1.82, 2.24) is 4.90 Å². The Morgan fingerprint density at radius 3 is 2.48 bits per heavy atom. The van der Waals surface area contributed by atoms with Crippen LogP contribution in [0.1, 0.15) is 45.6 Å². The maximum atomic E-state index is 12.4. The van der Waals surface area contributed by atoms with Gasteiger partial charge >= 0.3 is 5.97 Å². The van der Waals surface area contributed by atoms with Gasteiger partial charge in [-0.1, -0.05) is 18.2 Å². The van der Waals surface area contributed by atoms with Gasteiger partial charge in [-0.25, -0.2) is 4.79 Å². The Bertz CT molecular complexity index is 675. The Morgan fingerprint density at radius 2 is 1.85 bits per heavy atom. The highest BCUT2D eigenvalue weighted by Gasteiger charge is 2.29. The Morgan fingerprint density at radius 1 is 1.15 bits per heavy atom. The average Bonchev–Trinajstić information content (AvgIpc) is 2.65. The van der Waals surface area contributed by atoms with Crippen LogP contribution in [0.2, 0.25) is 0 Å². The lowest BCUT2D eigenvalue weighted by Crippen LogP contribution is -2.49. The van der Waals surface area contributed by atoms with Crippen molar-refractivity contribution in [3.05, 3.63) is 29.8 Å². The van der Waals surface area contributed by atoms with Crippen LogP contribution in [-0.2, 0) is 14.3 Å². The number of methoxy groups -OCH3 is 1. The maximum Gasteiger partial charge on any atom is 0.344 e. The molecule has 27 heavy (non-hydrogen) atoms. The zero-order chi connectivity index (χ0) is 19.8. The van der Waals surface area contributed by atoms with Gasteiger partial charge in [-0.2, -0.15) is 0 Å². The van der Waals surface area contributed by atoms with Gasteiger partial charge in [0, 0.05) is 12.1 Å². The molecule has 0 unspecified atom stereocenters. The summed E-state index contributed by atoms with van der Waals surface area (Å²) in [7, 11) is 1.54. The summed E-state index contributed by atoms with van der Waals surface area (Å²) in [5.41, 5.74) is 0.972. The second kappa shape index (κ2) is 10.00. The molecule has 2 atom stereocenters. The van der Waals surface area contributed by atoms with E-state index in [0.29, 0.717) is 11.5 Å². The molecule has 1 fully saturated rings. The largest absolute Gasteiger partial charge is 0.493 e. The Hall–Kier alpha value is -2.50. The number of benzene rings is 1. The van der Waals surface area contributed by atoms with E-state index in [1.165, 1.54) is 0 Å². The zero-order valence-electron chi connectivity index (χ0n) is 16.6. The number of likely N-dealkylation sites (tertiary alicyclic amines) is 1. The van der Waals surface area contributed by atoms with Crippen LogP contribution in [0.5, 0.6) is 11.5 Å². The van der Waals surface area contributed by atoms with Gasteiger partial charge in [0.15, 0.2) is 24.7 Å². The molecule has 1 aliphatic heterocycles. The fraction of sp³-hybridized carbons (Fsp3) is 0.524. The number of allylic oxidation sites excluding steroid dienone is 1. The van der Waals surface area contributed by atoms with Crippen molar-refractivity contribution in [3.63, 3.8) is 0 Å². The standard InChI is InChI=1S/C21H29NO5/c1-5-7-17-10-11-18(19(12-17)25-4)26-14-21(24)27-13-20(23)22-15(2)8-6-9-16(22)3/h5,7,10-12,15-16H,6,8-9,13-14H2,1-4H3/b7-5+/t15-,16-/m0/s1. The van der Waals surface area contributed by atoms with E-state index in [-0.39, 0.29) is 31.2 Å². The van der Waals surface area contributed by atoms with Crippen LogP contribution in [-0.4, -0.2) is 49.2 Å². The van der Waals surface area contributed by atoms with Crippen molar-refractivity contribution in [3.8, 4) is 11.5 Å². The van der Waals surface area contributed by atoms with Gasteiger partial charge in [-0.3, -0.25) is 4.79 Å². The molecule has 148 valence electrons. The first-order valence-corrected chi connectivity index (χ1v) is 9.36. The molecule has 1 saturated heterocycles. The van der Waals surface area contributed by atoms with Gasteiger partial charge in [0.05, 0.1) is 7.11 Å². The van der Waals surface area contributed by atoms with Crippen molar-refractivity contribution in [2.45, 2.75) is 52.1 Å². The number of hydrogen-bond donors (Lipinski definition) is 0. The van der Waals surface area contributed by atoms with E-state index in [0.717, 1.165) is 24.8 Å². The van der Waals surface area contributed by atoms with Gasteiger partial charge in [0.25, 0.3) is 5.91 Å². The third-order valence-electron chi connectivity index (χ3n) is 4.73. The van der Waals surface area contributed by atoms with Crippen molar-refractivity contribution >= 4 is 18.0 Å². The van der Waals surface area contributed by atoms with Gasteiger partial charge < -0.3 is 19.1 Å². The molecule has 1 heterocycles. The van der Waals surface area contributed by atoms with E-state index < -0.39 is 5.97 Å². The molecular formula is C21H29NO5. The minimum Gasteiger partial charge on any atom is -0.493 e. The lowest BCUT2D eigenvalue weighted by atomic mass is 9.97. The monoisotopic (exact) mass is 375 g/mol. The third kappa shape index (κ3) is 5.74. The summed E-state index contributed by atoms with van der Waals surface area (Å²) in [6, 6.07) is 5.78.